The lowest BCUT2D eigenvalue weighted by atomic mass is 10.1. The number of hydrogen-bond donors (Lipinski definition) is 0. The normalized spacial score (nSPS) is 13.9. The second-order valence-corrected chi connectivity index (χ2v) is 7.04. The van der Waals surface area contributed by atoms with Gasteiger partial charge in [0.1, 0.15) is 0 Å². The highest BCUT2D eigenvalue weighted by atomic mass is 32.2. The summed E-state index contributed by atoms with van der Waals surface area (Å²) < 4.78 is 10.6. The lowest BCUT2D eigenvalue weighted by molar-refractivity contribution is -0.135. The van der Waals surface area contributed by atoms with Crippen molar-refractivity contribution in [3.05, 3.63) is 77.2 Å². The Kier molecular flexibility index (Phi) is 6.21. The molecule has 28 heavy (non-hydrogen) atoms. The number of rotatable bonds is 8. The first-order chi connectivity index (χ1) is 13.6. The zero-order valence-electron chi connectivity index (χ0n) is 15.8. The number of methoxy groups -OCH3 is 2. The van der Waals surface area contributed by atoms with Crippen molar-refractivity contribution in [3.63, 3.8) is 0 Å². The smallest absolute Gasteiger partial charge is 0.268 e. The molecule has 0 N–H and O–H groups in total. The molecular formula is C22H21NO4S. The number of imide groups is 1. The van der Waals surface area contributed by atoms with Crippen LogP contribution < -0.4 is 9.47 Å². The van der Waals surface area contributed by atoms with E-state index in [0.717, 1.165) is 5.56 Å². The summed E-state index contributed by atoms with van der Waals surface area (Å²) >= 11 is 1.37. The van der Waals surface area contributed by atoms with Gasteiger partial charge in [0, 0.05) is 12.3 Å². The van der Waals surface area contributed by atoms with Gasteiger partial charge in [0.25, 0.3) is 11.8 Å². The molecule has 0 fully saturated rings. The first-order valence-electron chi connectivity index (χ1n) is 8.71. The van der Waals surface area contributed by atoms with Crippen LogP contribution in [-0.2, 0) is 15.3 Å². The highest BCUT2D eigenvalue weighted by Crippen LogP contribution is 2.40. The van der Waals surface area contributed by atoms with Gasteiger partial charge in [-0.2, -0.15) is 0 Å². The van der Waals surface area contributed by atoms with E-state index in [9.17, 15) is 9.59 Å². The summed E-state index contributed by atoms with van der Waals surface area (Å²) in [6.07, 6.45) is 1.55. The van der Waals surface area contributed by atoms with Gasteiger partial charge in [-0.1, -0.05) is 42.5 Å². The van der Waals surface area contributed by atoms with Crippen LogP contribution in [0.1, 0.15) is 11.1 Å². The average Bonchev–Trinajstić information content (AvgIpc) is 2.97. The predicted octanol–water partition coefficient (Wildman–Crippen LogP) is 3.90. The van der Waals surface area contributed by atoms with Crippen molar-refractivity contribution < 1.29 is 19.1 Å². The van der Waals surface area contributed by atoms with Crippen LogP contribution in [0, 0.1) is 0 Å². The minimum Gasteiger partial charge on any atom is -0.493 e. The lowest BCUT2D eigenvalue weighted by Crippen LogP contribution is -2.31. The Morgan fingerprint density at radius 1 is 1.00 bits per heavy atom. The van der Waals surface area contributed by atoms with Crippen LogP contribution in [-0.4, -0.2) is 37.5 Å². The highest BCUT2D eigenvalue weighted by Gasteiger charge is 2.38. The molecular weight excluding hydrogens is 374 g/mol. The number of hydrogen-bond acceptors (Lipinski definition) is 5. The summed E-state index contributed by atoms with van der Waals surface area (Å²) in [5, 5.41) is 0. The number of nitrogens with zero attached hydrogens (tertiary/aromatic N) is 1. The van der Waals surface area contributed by atoms with Crippen molar-refractivity contribution in [2.24, 2.45) is 0 Å². The average molecular weight is 395 g/mol. The van der Waals surface area contributed by atoms with E-state index in [-0.39, 0.29) is 18.4 Å². The van der Waals surface area contributed by atoms with E-state index in [4.69, 9.17) is 9.47 Å². The SMILES string of the molecule is C=CCN1C(=O)C(SCc2ccccc2)=C(c2ccc(OC)c(OC)c2)C1=O. The Morgan fingerprint density at radius 3 is 2.36 bits per heavy atom. The Labute approximate surface area is 168 Å². The molecule has 1 heterocycles. The molecule has 0 atom stereocenters. The van der Waals surface area contributed by atoms with Crippen LogP contribution in [0.4, 0.5) is 0 Å². The number of benzene rings is 2. The number of carbonyl (C=O) groups excluding carboxylic acids is 2. The molecule has 5 nitrogen and oxygen atoms in total. The van der Waals surface area contributed by atoms with Crippen LogP contribution in [0.15, 0.2) is 66.1 Å². The van der Waals surface area contributed by atoms with Crippen LogP contribution in [0.5, 0.6) is 11.5 Å². The number of thioether (sulfide) groups is 1. The largest absolute Gasteiger partial charge is 0.493 e. The first-order valence-corrected chi connectivity index (χ1v) is 9.69. The standard InChI is InChI=1S/C22H21NO4S/c1-4-12-23-21(24)19(16-10-11-17(26-2)18(13-16)27-3)20(22(23)25)28-14-15-8-6-5-7-9-15/h4-11,13H,1,12,14H2,2-3H3. The molecule has 0 spiro atoms. The van der Waals surface area contributed by atoms with Gasteiger partial charge in [0.2, 0.25) is 0 Å². The Bertz CT molecular complexity index is 937. The van der Waals surface area contributed by atoms with Gasteiger partial charge in [0.05, 0.1) is 24.7 Å². The maximum atomic E-state index is 13.0. The molecule has 0 radical (unpaired) electrons. The fraction of sp³-hybridized carbons (Fsp3) is 0.182. The molecule has 0 aliphatic carbocycles. The van der Waals surface area contributed by atoms with Crippen molar-refractivity contribution >= 4 is 29.1 Å². The molecule has 0 bridgehead atoms. The van der Waals surface area contributed by atoms with Crippen molar-refractivity contribution in [2.75, 3.05) is 20.8 Å². The van der Waals surface area contributed by atoms with Crippen LogP contribution >= 0.6 is 11.8 Å². The molecule has 0 saturated heterocycles. The van der Waals surface area contributed by atoms with Crippen LogP contribution in [0.2, 0.25) is 0 Å². The monoisotopic (exact) mass is 395 g/mol. The minimum absolute atomic E-state index is 0.170. The highest BCUT2D eigenvalue weighted by molar-refractivity contribution is 8.03. The van der Waals surface area contributed by atoms with E-state index in [1.807, 2.05) is 30.3 Å². The molecule has 6 heteroatoms. The summed E-state index contributed by atoms with van der Waals surface area (Å²) in [5.41, 5.74) is 2.08. The zero-order valence-corrected chi connectivity index (χ0v) is 16.6. The third-order valence-corrected chi connectivity index (χ3v) is 5.48. The topological polar surface area (TPSA) is 55.8 Å². The van der Waals surface area contributed by atoms with Crippen LogP contribution in [0.25, 0.3) is 5.57 Å². The molecule has 2 amide bonds. The van der Waals surface area contributed by atoms with Gasteiger partial charge in [-0.3, -0.25) is 14.5 Å². The fourth-order valence-electron chi connectivity index (χ4n) is 2.96. The van der Waals surface area contributed by atoms with Gasteiger partial charge in [-0.15, -0.1) is 18.3 Å². The maximum Gasteiger partial charge on any atom is 0.268 e. The summed E-state index contributed by atoms with van der Waals surface area (Å²) in [4.78, 5) is 27.6. The number of ether oxygens (including phenoxy) is 2. The molecule has 0 saturated carbocycles. The first kappa shape index (κ1) is 19.8. The van der Waals surface area contributed by atoms with Gasteiger partial charge >= 0.3 is 0 Å². The molecule has 144 valence electrons. The Hall–Kier alpha value is -2.99. The van der Waals surface area contributed by atoms with Gasteiger partial charge in [-0.25, -0.2) is 0 Å². The Balaban J connectivity index is 2.02. The Morgan fingerprint density at radius 2 is 1.71 bits per heavy atom. The van der Waals surface area contributed by atoms with Gasteiger partial charge in [-0.05, 0) is 23.3 Å². The van der Waals surface area contributed by atoms with E-state index in [1.54, 1.807) is 31.4 Å². The summed E-state index contributed by atoms with van der Waals surface area (Å²) in [7, 11) is 3.08. The van der Waals surface area contributed by atoms with Gasteiger partial charge < -0.3 is 9.47 Å². The fourth-order valence-corrected chi connectivity index (χ4v) is 4.05. The van der Waals surface area contributed by atoms with E-state index in [2.05, 4.69) is 6.58 Å². The molecule has 1 aliphatic rings. The molecule has 1 aliphatic heterocycles. The zero-order chi connectivity index (χ0) is 20.1. The van der Waals surface area contributed by atoms with Crippen molar-refractivity contribution in [1.29, 1.82) is 0 Å². The summed E-state index contributed by atoms with van der Waals surface area (Å²) in [5.74, 6) is 1.03. The quantitative estimate of drug-likeness (QED) is 0.501. The maximum absolute atomic E-state index is 13.0. The molecule has 0 aromatic heterocycles. The third kappa shape index (κ3) is 3.82. The molecule has 3 rings (SSSR count). The van der Waals surface area contributed by atoms with Crippen LogP contribution in [0.3, 0.4) is 0 Å². The number of amides is 2. The van der Waals surface area contributed by atoms with E-state index in [0.29, 0.717) is 33.3 Å². The molecule has 0 unspecified atom stereocenters. The van der Waals surface area contributed by atoms with E-state index in [1.165, 1.54) is 23.8 Å². The van der Waals surface area contributed by atoms with E-state index < -0.39 is 0 Å². The minimum atomic E-state index is -0.326. The van der Waals surface area contributed by atoms with E-state index >= 15 is 0 Å². The molecule has 2 aromatic rings. The molecule has 2 aromatic carbocycles. The third-order valence-electron chi connectivity index (χ3n) is 4.34. The summed E-state index contributed by atoms with van der Waals surface area (Å²) in [6, 6.07) is 15.0. The number of carbonyl (C=O) groups is 2. The lowest BCUT2D eigenvalue weighted by Gasteiger charge is -2.12. The second-order valence-electron chi connectivity index (χ2n) is 6.06. The van der Waals surface area contributed by atoms with Crippen molar-refractivity contribution in [1.82, 2.24) is 4.90 Å². The predicted molar refractivity (Wildman–Crippen MR) is 111 cm³/mol. The van der Waals surface area contributed by atoms with Crippen molar-refractivity contribution in [3.8, 4) is 11.5 Å². The second kappa shape index (κ2) is 8.80. The summed E-state index contributed by atoms with van der Waals surface area (Å²) in [6.45, 7) is 3.82. The van der Waals surface area contributed by atoms with Gasteiger partial charge in [0.15, 0.2) is 11.5 Å². The van der Waals surface area contributed by atoms with Crippen molar-refractivity contribution in [2.45, 2.75) is 5.75 Å².